The molecule has 5 rings (SSSR count). The molecule has 3 aromatic rings. The number of hydrogen-bond donors (Lipinski definition) is 0. The third kappa shape index (κ3) is 3.44. The number of benzene rings is 3. The molecular formula is C28H28N2O3. The molecule has 0 saturated heterocycles. The number of ether oxygens (including phenoxy) is 2. The highest BCUT2D eigenvalue weighted by Crippen LogP contribution is 2.46. The van der Waals surface area contributed by atoms with Gasteiger partial charge in [0.25, 0.3) is 5.91 Å². The highest BCUT2D eigenvalue weighted by Gasteiger charge is 2.37. The van der Waals surface area contributed by atoms with Gasteiger partial charge in [-0.3, -0.25) is 4.79 Å². The minimum atomic E-state index is -0.856. The molecule has 0 spiro atoms. The molecule has 0 aliphatic carbocycles. The number of rotatable bonds is 4. The minimum Gasteiger partial charge on any atom is -0.493 e. The Morgan fingerprint density at radius 2 is 1.67 bits per heavy atom. The molecule has 168 valence electrons. The van der Waals surface area contributed by atoms with Crippen molar-refractivity contribution in [1.82, 2.24) is 4.90 Å². The van der Waals surface area contributed by atoms with Crippen LogP contribution >= 0.6 is 0 Å². The number of carbonyl (C=O) groups excluding carboxylic acids is 1. The van der Waals surface area contributed by atoms with E-state index in [1.54, 1.807) is 14.2 Å². The second-order valence-corrected chi connectivity index (χ2v) is 8.41. The molecular weight excluding hydrogens is 412 g/mol. The maximum absolute atomic E-state index is 14.2. The summed E-state index contributed by atoms with van der Waals surface area (Å²) < 4.78 is 20.3. The molecule has 0 N–H and O–H groups in total. The molecule has 2 atom stereocenters. The van der Waals surface area contributed by atoms with Crippen LogP contribution in [0.4, 0.5) is 5.69 Å². The second-order valence-electron chi connectivity index (χ2n) is 8.41. The lowest BCUT2D eigenvalue weighted by Crippen LogP contribution is -2.35. The Labute approximate surface area is 196 Å². The lowest BCUT2D eigenvalue weighted by atomic mass is 9.90. The second kappa shape index (κ2) is 8.32. The topological polar surface area (TPSA) is 42.0 Å². The number of carbonyl (C=O) groups is 1. The average molecular weight is 442 g/mol. The molecule has 0 fully saturated rings. The molecule has 2 heterocycles. The first-order valence-electron chi connectivity index (χ1n) is 11.6. The smallest absolute Gasteiger partial charge is 0.253 e. The first kappa shape index (κ1) is 19.9. The van der Waals surface area contributed by atoms with Crippen molar-refractivity contribution in [2.75, 3.05) is 26.2 Å². The predicted molar refractivity (Wildman–Crippen MR) is 130 cm³/mol. The molecule has 0 unspecified atom stereocenters. The fourth-order valence-corrected chi connectivity index (χ4v) is 4.87. The van der Waals surface area contributed by atoms with Crippen LogP contribution < -0.4 is 14.4 Å². The standard InChI is InChI=1S/C28H28N2O3/c1-18-21-12-8-9-13-22(21)27-23(28(31)30(18)17-19-10-6-5-7-11-19)14-20-15-25(32-3)26(33-4)16-24(20)29(27)2/h5-13,15-16,18H,14,17H2,1-4H3/t18-/m0/s1/i14D/t14-,18-. The zero-order chi connectivity index (χ0) is 24.0. The molecule has 5 nitrogen and oxygen atoms in total. The molecule has 2 aliphatic heterocycles. The van der Waals surface area contributed by atoms with Gasteiger partial charge >= 0.3 is 0 Å². The zero-order valence-electron chi connectivity index (χ0n) is 20.3. The van der Waals surface area contributed by atoms with E-state index in [0.29, 0.717) is 23.6 Å². The average Bonchev–Trinajstić information content (AvgIpc) is 2.96. The number of methoxy groups -OCH3 is 2. The largest absolute Gasteiger partial charge is 0.493 e. The first-order valence-corrected chi connectivity index (χ1v) is 11.1. The van der Waals surface area contributed by atoms with E-state index in [2.05, 4.69) is 19.1 Å². The molecule has 0 aromatic heterocycles. The van der Waals surface area contributed by atoms with Crippen molar-refractivity contribution < 1.29 is 15.6 Å². The summed E-state index contributed by atoms with van der Waals surface area (Å²) in [5.74, 6) is 1.03. The summed E-state index contributed by atoms with van der Waals surface area (Å²) in [6, 6.07) is 21.7. The summed E-state index contributed by atoms with van der Waals surface area (Å²) in [6.07, 6.45) is -0.856. The van der Waals surface area contributed by atoms with Gasteiger partial charge in [0.15, 0.2) is 11.5 Å². The van der Waals surface area contributed by atoms with Gasteiger partial charge in [0, 0.05) is 44.3 Å². The van der Waals surface area contributed by atoms with Crippen molar-refractivity contribution in [1.29, 1.82) is 0 Å². The zero-order valence-corrected chi connectivity index (χ0v) is 19.3. The number of nitrogens with zero attached hydrogens (tertiary/aromatic N) is 2. The van der Waals surface area contributed by atoms with Gasteiger partial charge < -0.3 is 19.3 Å². The lowest BCUT2D eigenvalue weighted by molar-refractivity contribution is -0.129. The van der Waals surface area contributed by atoms with Crippen LogP contribution in [0.1, 0.15) is 36.6 Å². The highest BCUT2D eigenvalue weighted by atomic mass is 16.5. The number of fused-ring (bicyclic) bond motifs is 3. The third-order valence-corrected chi connectivity index (χ3v) is 6.61. The monoisotopic (exact) mass is 441 g/mol. The predicted octanol–water partition coefficient (Wildman–Crippen LogP) is 5.21. The first-order chi connectivity index (χ1) is 16.5. The van der Waals surface area contributed by atoms with Crippen LogP contribution in [0.15, 0.2) is 72.3 Å². The van der Waals surface area contributed by atoms with Gasteiger partial charge in [0.05, 0.1) is 26.0 Å². The Hall–Kier alpha value is -3.73. The summed E-state index contributed by atoms with van der Waals surface area (Å²) in [6.45, 7) is 2.54. The minimum absolute atomic E-state index is 0.116. The maximum Gasteiger partial charge on any atom is 0.253 e. The number of hydrogen-bond acceptors (Lipinski definition) is 4. The quantitative estimate of drug-likeness (QED) is 0.557. The van der Waals surface area contributed by atoms with E-state index >= 15 is 0 Å². The van der Waals surface area contributed by atoms with E-state index in [9.17, 15) is 6.17 Å². The Bertz CT molecular complexity index is 1290. The Morgan fingerprint density at radius 3 is 2.39 bits per heavy atom. The molecule has 1 amide bonds. The van der Waals surface area contributed by atoms with Gasteiger partial charge in [0.1, 0.15) is 0 Å². The van der Waals surface area contributed by atoms with Crippen molar-refractivity contribution in [3.8, 4) is 11.5 Å². The molecule has 5 heteroatoms. The van der Waals surface area contributed by atoms with Crippen molar-refractivity contribution >= 4 is 17.3 Å². The highest BCUT2D eigenvalue weighted by molar-refractivity contribution is 6.07. The van der Waals surface area contributed by atoms with E-state index in [1.165, 1.54) is 0 Å². The fourth-order valence-electron chi connectivity index (χ4n) is 4.87. The van der Waals surface area contributed by atoms with Crippen LogP contribution in [0.25, 0.3) is 5.70 Å². The van der Waals surface area contributed by atoms with Crippen molar-refractivity contribution in [2.24, 2.45) is 0 Å². The fraction of sp³-hybridized carbons (Fsp3) is 0.250. The molecule has 0 radical (unpaired) electrons. The van der Waals surface area contributed by atoms with Crippen molar-refractivity contribution in [3.05, 3.63) is 94.6 Å². The van der Waals surface area contributed by atoms with E-state index < -0.39 is 6.40 Å². The molecule has 0 saturated carbocycles. The van der Waals surface area contributed by atoms with Gasteiger partial charge in [-0.25, -0.2) is 0 Å². The van der Waals surface area contributed by atoms with Crippen LogP contribution in [0.5, 0.6) is 11.5 Å². The van der Waals surface area contributed by atoms with Gasteiger partial charge in [-0.15, -0.1) is 0 Å². The Balaban J connectivity index is 1.72. The van der Waals surface area contributed by atoms with Crippen LogP contribution in [0.3, 0.4) is 0 Å². The summed E-state index contributed by atoms with van der Waals surface area (Å²) in [5, 5.41) is 0. The maximum atomic E-state index is 14.2. The summed E-state index contributed by atoms with van der Waals surface area (Å²) in [4.78, 5) is 18.1. The Morgan fingerprint density at radius 1 is 1.00 bits per heavy atom. The van der Waals surface area contributed by atoms with Gasteiger partial charge in [-0.05, 0) is 29.7 Å². The van der Waals surface area contributed by atoms with Crippen LogP contribution in [0.2, 0.25) is 0 Å². The molecule has 3 aromatic carbocycles. The van der Waals surface area contributed by atoms with Crippen LogP contribution in [0, 0.1) is 0 Å². The van der Waals surface area contributed by atoms with E-state index in [4.69, 9.17) is 9.47 Å². The SMILES string of the molecule is [2H][C@@H]1C2=C(c3ccccc3[C@H](C)N(Cc3ccccc3)C2=O)N(C)c2cc(OC)c(OC)cc21. The van der Waals surface area contributed by atoms with Gasteiger partial charge in [0.2, 0.25) is 0 Å². The number of anilines is 1. The summed E-state index contributed by atoms with van der Waals surface area (Å²) >= 11 is 0. The van der Waals surface area contributed by atoms with Crippen molar-refractivity contribution in [2.45, 2.75) is 25.9 Å². The molecule has 33 heavy (non-hydrogen) atoms. The number of amides is 1. The third-order valence-electron chi connectivity index (χ3n) is 6.61. The summed E-state index contributed by atoms with van der Waals surface area (Å²) in [5.41, 5.74) is 5.93. The van der Waals surface area contributed by atoms with Crippen LogP contribution in [-0.2, 0) is 17.7 Å². The summed E-state index contributed by atoms with van der Waals surface area (Å²) in [7, 11) is 5.13. The van der Waals surface area contributed by atoms with E-state index in [-0.39, 0.29) is 11.9 Å². The molecule has 0 bridgehead atoms. The van der Waals surface area contributed by atoms with Crippen molar-refractivity contribution in [3.63, 3.8) is 0 Å². The van der Waals surface area contributed by atoms with Gasteiger partial charge in [-0.2, -0.15) is 0 Å². The lowest BCUT2D eigenvalue weighted by Gasteiger charge is -2.33. The normalized spacial score (nSPS) is 19.9. The van der Waals surface area contributed by atoms with Crippen LogP contribution in [-0.4, -0.2) is 32.1 Å². The van der Waals surface area contributed by atoms with Gasteiger partial charge in [-0.1, -0.05) is 54.6 Å². The Kier molecular flexibility index (Phi) is 5.02. The van der Waals surface area contributed by atoms with E-state index in [1.807, 2.05) is 71.4 Å². The van der Waals surface area contributed by atoms with E-state index in [0.717, 1.165) is 33.6 Å². The molecule has 2 aliphatic rings.